The quantitative estimate of drug-likeness (QED) is 0.171. The Morgan fingerprint density at radius 2 is 1.65 bits per heavy atom. The first-order valence-electron chi connectivity index (χ1n) is 15.2. The summed E-state index contributed by atoms with van der Waals surface area (Å²) in [6.45, 7) is 6.47. The summed E-state index contributed by atoms with van der Waals surface area (Å²) < 4.78 is 52.0. The van der Waals surface area contributed by atoms with Gasteiger partial charge in [-0.3, -0.25) is 9.36 Å². The van der Waals surface area contributed by atoms with Gasteiger partial charge in [-0.15, -0.1) is 5.10 Å². The number of amides is 2. The van der Waals surface area contributed by atoms with Gasteiger partial charge in [0.15, 0.2) is 0 Å². The Morgan fingerprint density at radius 1 is 0.959 bits per heavy atom. The minimum Gasteiger partial charge on any atom is -0.443 e. The maximum atomic E-state index is 15.7. The van der Waals surface area contributed by atoms with Crippen LogP contribution in [0, 0.1) is 5.82 Å². The van der Waals surface area contributed by atoms with E-state index in [1.807, 2.05) is 17.7 Å². The molecule has 0 aliphatic heterocycles. The van der Waals surface area contributed by atoms with Gasteiger partial charge in [-0.25, -0.2) is 27.1 Å². The van der Waals surface area contributed by atoms with Gasteiger partial charge in [0.25, 0.3) is 15.9 Å². The Morgan fingerprint density at radius 3 is 2.33 bits per heavy atom. The molecule has 1 heterocycles. The van der Waals surface area contributed by atoms with Crippen molar-refractivity contribution in [2.45, 2.75) is 51.2 Å². The predicted molar refractivity (Wildman–Crippen MR) is 187 cm³/mol. The SMILES string of the molecule is CCc1nn(-c2cc(NC(=O)c3ccccc3)ccc2Br)c(=O)n1Cc1ccc(-c2ccccc2S(=O)(=O)NC(=O)OC(C)(C)C)cc1F. The fraction of sp³-hybridized carbons (Fsp3) is 0.200. The van der Waals surface area contributed by atoms with Crippen molar-refractivity contribution in [3.8, 4) is 16.8 Å². The summed E-state index contributed by atoms with van der Waals surface area (Å²) in [5.41, 5.74) is 0.393. The van der Waals surface area contributed by atoms with Crippen molar-refractivity contribution >= 4 is 43.6 Å². The smallest absolute Gasteiger partial charge is 0.421 e. The second kappa shape index (κ2) is 14.2. The molecule has 1 aromatic heterocycles. The van der Waals surface area contributed by atoms with Crippen LogP contribution in [-0.2, 0) is 27.7 Å². The van der Waals surface area contributed by atoms with Gasteiger partial charge in [0.1, 0.15) is 17.2 Å². The number of rotatable bonds is 9. The molecule has 5 rings (SSSR count). The molecule has 0 spiro atoms. The lowest BCUT2D eigenvalue weighted by molar-refractivity contribution is 0.0570. The molecule has 0 unspecified atom stereocenters. The number of carbonyl (C=O) groups is 2. The molecule has 49 heavy (non-hydrogen) atoms. The van der Waals surface area contributed by atoms with E-state index < -0.39 is 33.2 Å². The average Bonchev–Trinajstić information content (AvgIpc) is 3.36. The molecule has 0 saturated carbocycles. The number of benzene rings is 4. The predicted octanol–water partition coefficient (Wildman–Crippen LogP) is 6.68. The molecule has 4 aromatic carbocycles. The highest BCUT2D eigenvalue weighted by Gasteiger charge is 2.26. The van der Waals surface area contributed by atoms with Crippen LogP contribution < -0.4 is 15.7 Å². The van der Waals surface area contributed by atoms with Gasteiger partial charge in [-0.2, -0.15) is 4.68 Å². The lowest BCUT2D eigenvalue weighted by Crippen LogP contribution is -2.36. The van der Waals surface area contributed by atoms with Crippen LogP contribution in [0.3, 0.4) is 0 Å². The van der Waals surface area contributed by atoms with E-state index in [9.17, 15) is 22.8 Å². The fourth-order valence-electron chi connectivity index (χ4n) is 4.98. The molecule has 0 aliphatic carbocycles. The zero-order chi connectivity index (χ0) is 35.5. The molecule has 2 amide bonds. The van der Waals surface area contributed by atoms with Crippen LogP contribution in [0.25, 0.3) is 16.8 Å². The van der Waals surface area contributed by atoms with Gasteiger partial charge < -0.3 is 10.1 Å². The molecular formula is C35H33BrFN5O6S. The Balaban J connectivity index is 1.43. The Bertz CT molecular complexity index is 2210. The van der Waals surface area contributed by atoms with Crippen molar-refractivity contribution in [1.29, 1.82) is 0 Å². The van der Waals surface area contributed by atoms with Crippen LogP contribution >= 0.6 is 15.9 Å². The van der Waals surface area contributed by atoms with E-state index in [0.717, 1.165) is 0 Å². The first-order chi connectivity index (χ1) is 23.2. The minimum absolute atomic E-state index is 0.156. The lowest BCUT2D eigenvalue weighted by Gasteiger charge is -2.20. The van der Waals surface area contributed by atoms with E-state index in [4.69, 9.17) is 4.74 Å². The molecule has 2 N–H and O–H groups in total. The molecule has 0 saturated heterocycles. The highest BCUT2D eigenvalue weighted by molar-refractivity contribution is 9.10. The number of nitrogens with zero attached hydrogens (tertiary/aromatic N) is 3. The number of aromatic nitrogens is 3. The number of halogens is 2. The number of hydrogen-bond acceptors (Lipinski definition) is 7. The van der Waals surface area contributed by atoms with Crippen molar-refractivity contribution in [3.63, 3.8) is 0 Å². The summed E-state index contributed by atoms with van der Waals surface area (Å²) >= 11 is 3.47. The zero-order valence-corrected chi connectivity index (χ0v) is 29.4. The molecule has 11 nitrogen and oxygen atoms in total. The summed E-state index contributed by atoms with van der Waals surface area (Å²) in [7, 11) is -4.38. The monoisotopic (exact) mass is 749 g/mol. The highest BCUT2D eigenvalue weighted by Crippen LogP contribution is 2.29. The first kappa shape index (κ1) is 35.2. The molecule has 0 radical (unpaired) electrons. The standard InChI is InChI=1S/C35H33BrFN5O6S/c1-5-31-39-42(29-20-25(17-18-27(29)36)38-32(43)22-11-7-6-8-12-22)34(45)41(31)21-24-16-15-23(19-28(24)37)26-13-9-10-14-30(26)49(46,47)40-33(44)48-35(2,3)4/h6-20H,5,21H2,1-4H3,(H,38,43)(H,40,44). The van der Waals surface area contributed by atoms with Crippen LogP contribution in [0.4, 0.5) is 14.9 Å². The van der Waals surface area contributed by atoms with Gasteiger partial charge >= 0.3 is 11.8 Å². The third kappa shape index (κ3) is 8.15. The van der Waals surface area contributed by atoms with Crippen molar-refractivity contribution in [2.75, 3.05) is 5.32 Å². The van der Waals surface area contributed by atoms with E-state index in [-0.39, 0.29) is 34.0 Å². The second-order valence-electron chi connectivity index (χ2n) is 11.9. The van der Waals surface area contributed by atoms with Crippen LogP contribution in [0.1, 0.15) is 49.4 Å². The van der Waals surface area contributed by atoms with Crippen molar-refractivity contribution in [1.82, 2.24) is 19.1 Å². The van der Waals surface area contributed by atoms with Gasteiger partial charge in [0.05, 0.1) is 17.1 Å². The number of ether oxygens (including phenoxy) is 1. The fourth-order valence-corrected chi connectivity index (χ4v) is 6.50. The van der Waals surface area contributed by atoms with Gasteiger partial charge in [-0.05, 0) is 84.7 Å². The normalized spacial score (nSPS) is 11.6. The number of aryl methyl sites for hydroxylation is 1. The first-order valence-corrected chi connectivity index (χ1v) is 17.4. The van der Waals surface area contributed by atoms with Crippen molar-refractivity contribution < 1.29 is 27.1 Å². The number of nitrogens with one attached hydrogen (secondary N) is 2. The van der Waals surface area contributed by atoms with E-state index in [2.05, 4.69) is 26.3 Å². The number of anilines is 1. The minimum atomic E-state index is -4.38. The molecule has 254 valence electrons. The lowest BCUT2D eigenvalue weighted by atomic mass is 10.0. The average molecular weight is 751 g/mol. The van der Waals surface area contributed by atoms with Gasteiger partial charge in [-0.1, -0.05) is 55.5 Å². The van der Waals surface area contributed by atoms with E-state index >= 15 is 4.39 Å². The van der Waals surface area contributed by atoms with Crippen LogP contribution in [0.2, 0.25) is 0 Å². The second-order valence-corrected chi connectivity index (χ2v) is 14.5. The summed E-state index contributed by atoms with van der Waals surface area (Å²) in [5, 5.41) is 7.33. The largest absolute Gasteiger partial charge is 0.443 e. The number of hydrogen-bond donors (Lipinski definition) is 2. The Labute approximate surface area is 290 Å². The summed E-state index contributed by atoms with van der Waals surface area (Å²) in [6, 6.07) is 23.7. The van der Waals surface area contributed by atoms with Gasteiger partial charge in [0, 0.05) is 33.3 Å². The third-order valence-electron chi connectivity index (χ3n) is 7.21. The molecule has 0 atom stereocenters. The molecule has 5 aromatic rings. The van der Waals surface area contributed by atoms with Crippen LogP contribution in [0.5, 0.6) is 0 Å². The van der Waals surface area contributed by atoms with Crippen molar-refractivity contribution in [2.24, 2.45) is 0 Å². The summed E-state index contributed by atoms with van der Waals surface area (Å²) in [4.78, 5) is 38.4. The van der Waals surface area contributed by atoms with Crippen LogP contribution in [-0.4, -0.2) is 40.4 Å². The maximum absolute atomic E-state index is 15.7. The van der Waals surface area contributed by atoms with Gasteiger partial charge in [0.2, 0.25) is 0 Å². The van der Waals surface area contributed by atoms with E-state index in [0.29, 0.717) is 33.7 Å². The molecular weight excluding hydrogens is 717 g/mol. The summed E-state index contributed by atoms with van der Waals surface area (Å²) in [6.07, 6.45) is -0.780. The summed E-state index contributed by atoms with van der Waals surface area (Å²) in [5.74, 6) is -0.610. The van der Waals surface area contributed by atoms with E-state index in [1.54, 1.807) is 69.3 Å². The maximum Gasteiger partial charge on any atom is 0.421 e. The molecule has 0 bridgehead atoms. The Hall–Kier alpha value is -5.08. The zero-order valence-electron chi connectivity index (χ0n) is 27.0. The molecule has 0 fully saturated rings. The molecule has 14 heteroatoms. The highest BCUT2D eigenvalue weighted by atomic mass is 79.9. The number of sulfonamides is 1. The topological polar surface area (TPSA) is 141 Å². The van der Waals surface area contributed by atoms with Crippen LogP contribution in [0.15, 0.2) is 105 Å². The van der Waals surface area contributed by atoms with E-state index in [1.165, 1.54) is 45.6 Å². The third-order valence-corrected chi connectivity index (χ3v) is 9.25. The molecule has 0 aliphatic rings. The van der Waals surface area contributed by atoms with Crippen molar-refractivity contribution in [3.05, 3.63) is 129 Å². The number of carbonyl (C=O) groups excluding carboxylic acids is 2. The Kier molecular flexibility index (Phi) is 10.2.